The smallest absolute Gasteiger partial charge is 0.328 e. The lowest BCUT2D eigenvalue weighted by atomic mass is 10.1. The van der Waals surface area contributed by atoms with Gasteiger partial charge in [-0.25, -0.2) is 4.79 Å². The first-order chi connectivity index (χ1) is 12.1. The van der Waals surface area contributed by atoms with E-state index in [1.165, 1.54) is 6.08 Å². The molecular weight excluding hydrogens is 316 g/mol. The number of benzene rings is 2. The van der Waals surface area contributed by atoms with E-state index in [2.05, 4.69) is 12.1 Å². The van der Waals surface area contributed by atoms with Gasteiger partial charge < -0.3 is 14.3 Å². The molecule has 4 heteroatoms. The molecule has 126 valence electrons. The third-order valence-corrected chi connectivity index (χ3v) is 3.79. The maximum absolute atomic E-state index is 10.6. The molecule has 0 atom stereocenters. The van der Waals surface area contributed by atoms with E-state index in [1.807, 2.05) is 49.4 Å². The average Bonchev–Trinajstić information content (AvgIpc) is 2.99. The van der Waals surface area contributed by atoms with Crippen molar-refractivity contribution in [2.75, 3.05) is 0 Å². The van der Waals surface area contributed by atoms with Crippen LogP contribution in [0.15, 0.2) is 71.2 Å². The average molecular weight is 334 g/mol. The summed E-state index contributed by atoms with van der Waals surface area (Å²) in [6, 6.07) is 19.8. The summed E-state index contributed by atoms with van der Waals surface area (Å²) in [7, 11) is 0. The Bertz CT molecular complexity index is 874. The third-order valence-electron chi connectivity index (χ3n) is 3.79. The Balaban J connectivity index is 1.65. The van der Waals surface area contributed by atoms with Crippen LogP contribution in [0.25, 0.3) is 17.2 Å². The second kappa shape index (κ2) is 7.53. The van der Waals surface area contributed by atoms with Crippen LogP contribution in [-0.4, -0.2) is 11.1 Å². The number of ether oxygens (including phenoxy) is 1. The minimum atomic E-state index is -1.01. The van der Waals surface area contributed by atoms with Crippen molar-refractivity contribution in [3.8, 4) is 16.9 Å². The summed E-state index contributed by atoms with van der Waals surface area (Å²) < 4.78 is 11.3. The van der Waals surface area contributed by atoms with Gasteiger partial charge in [0.05, 0.1) is 0 Å². The number of furan rings is 1. The lowest BCUT2D eigenvalue weighted by molar-refractivity contribution is -0.131. The van der Waals surface area contributed by atoms with E-state index < -0.39 is 5.97 Å². The molecule has 1 aromatic heterocycles. The van der Waals surface area contributed by atoms with Crippen molar-refractivity contribution in [3.63, 3.8) is 0 Å². The number of hydrogen-bond acceptors (Lipinski definition) is 3. The van der Waals surface area contributed by atoms with Crippen molar-refractivity contribution in [2.45, 2.75) is 13.5 Å². The SMILES string of the molecule is Cc1oc(C=CC(=O)O)cc1COc1ccc(-c2ccccc2)cc1. The second-order valence-corrected chi connectivity index (χ2v) is 5.58. The fourth-order valence-electron chi connectivity index (χ4n) is 2.46. The molecule has 1 heterocycles. The molecule has 0 radical (unpaired) electrons. The number of carboxylic acid groups (broad SMARTS) is 1. The van der Waals surface area contributed by atoms with Crippen LogP contribution in [0.2, 0.25) is 0 Å². The van der Waals surface area contributed by atoms with Gasteiger partial charge in [-0.2, -0.15) is 0 Å². The van der Waals surface area contributed by atoms with Crippen LogP contribution in [0.5, 0.6) is 5.75 Å². The number of carboxylic acids is 1. The predicted octanol–water partition coefficient (Wildman–Crippen LogP) is 4.93. The molecule has 0 aliphatic rings. The van der Waals surface area contributed by atoms with Crippen molar-refractivity contribution >= 4 is 12.0 Å². The van der Waals surface area contributed by atoms with E-state index in [4.69, 9.17) is 14.3 Å². The van der Waals surface area contributed by atoms with Gasteiger partial charge >= 0.3 is 5.97 Å². The van der Waals surface area contributed by atoms with Crippen molar-refractivity contribution in [2.24, 2.45) is 0 Å². The highest BCUT2D eigenvalue weighted by Gasteiger charge is 2.07. The first-order valence-corrected chi connectivity index (χ1v) is 7.90. The summed E-state index contributed by atoms with van der Waals surface area (Å²) in [5, 5.41) is 8.65. The highest BCUT2D eigenvalue weighted by atomic mass is 16.5. The summed E-state index contributed by atoms with van der Waals surface area (Å²) in [5.74, 6) is 0.970. The van der Waals surface area contributed by atoms with Crippen molar-refractivity contribution in [1.82, 2.24) is 0 Å². The molecule has 25 heavy (non-hydrogen) atoms. The van der Waals surface area contributed by atoms with Crippen molar-refractivity contribution < 1.29 is 19.1 Å². The maximum atomic E-state index is 10.6. The minimum absolute atomic E-state index is 0.362. The lowest BCUT2D eigenvalue weighted by Gasteiger charge is -2.07. The van der Waals surface area contributed by atoms with Gasteiger partial charge in [0.25, 0.3) is 0 Å². The van der Waals surface area contributed by atoms with Crippen LogP contribution in [0.4, 0.5) is 0 Å². The molecule has 3 aromatic rings. The summed E-state index contributed by atoms with van der Waals surface area (Å²) >= 11 is 0. The van der Waals surface area contributed by atoms with Gasteiger partial charge in [0.15, 0.2) is 0 Å². The van der Waals surface area contributed by atoms with Crippen LogP contribution >= 0.6 is 0 Å². The Morgan fingerprint density at radius 3 is 2.44 bits per heavy atom. The second-order valence-electron chi connectivity index (χ2n) is 5.58. The molecule has 0 unspecified atom stereocenters. The number of rotatable bonds is 6. The topological polar surface area (TPSA) is 59.7 Å². The normalized spacial score (nSPS) is 10.9. The maximum Gasteiger partial charge on any atom is 0.328 e. The Morgan fingerprint density at radius 2 is 1.76 bits per heavy atom. The van der Waals surface area contributed by atoms with E-state index in [-0.39, 0.29) is 0 Å². The largest absolute Gasteiger partial charge is 0.489 e. The molecule has 3 rings (SSSR count). The van der Waals surface area contributed by atoms with Gasteiger partial charge in [-0.05, 0) is 42.3 Å². The molecule has 0 amide bonds. The summed E-state index contributed by atoms with van der Waals surface area (Å²) in [4.78, 5) is 10.6. The number of carbonyl (C=O) groups is 1. The highest BCUT2D eigenvalue weighted by Crippen LogP contribution is 2.23. The molecule has 0 aliphatic heterocycles. The van der Waals surface area contributed by atoms with Crippen molar-refractivity contribution in [1.29, 1.82) is 0 Å². The zero-order valence-corrected chi connectivity index (χ0v) is 13.8. The first-order valence-electron chi connectivity index (χ1n) is 7.90. The summed E-state index contributed by atoms with van der Waals surface area (Å²) in [5.41, 5.74) is 3.18. The van der Waals surface area contributed by atoms with E-state index in [1.54, 1.807) is 6.07 Å². The van der Waals surface area contributed by atoms with Crippen LogP contribution < -0.4 is 4.74 Å². The van der Waals surface area contributed by atoms with E-state index in [0.29, 0.717) is 18.1 Å². The molecule has 0 saturated heterocycles. The number of aryl methyl sites for hydroxylation is 1. The number of aliphatic carboxylic acids is 1. The Morgan fingerprint density at radius 1 is 1.08 bits per heavy atom. The van der Waals surface area contributed by atoms with Crippen molar-refractivity contribution in [3.05, 3.63) is 83.8 Å². The Hall–Kier alpha value is -3.27. The lowest BCUT2D eigenvalue weighted by Crippen LogP contribution is -1.95. The van der Waals surface area contributed by atoms with Gasteiger partial charge in [-0.3, -0.25) is 0 Å². The zero-order valence-electron chi connectivity index (χ0n) is 13.8. The Kier molecular flexibility index (Phi) is 5.00. The van der Waals surface area contributed by atoms with Gasteiger partial charge in [0.2, 0.25) is 0 Å². The van der Waals surface area contributed by atoms with E-state index >= 15 is 0 Å². The van der Waals surface area contributed by atoms with Crippen LogP contribution in [0, 0.1) is 6.92 Å². The fraction of sp³-hybridized carbons (Fsp3) is 0.0952. The third kappa shape index (κ3) is 4.38. The van der Waals surface area contributed by atoms with Gasteiger partial charge in [0, 0.05) is 11.6 Å². The molecule has 0 saturated carbocycles. The first kappa shape index (κ1) is 16.6. The quantitative estimate of drug-likeness (QED) is 0.649. The molecular formula is C21H18O4. The number of hydrogen-bond donors (Lipinski definition) is 1. The van der Waals surface area contributed by atoms with Gasteiger partial charge in [0.1, 0.15) is 23.9 Å². The summed E-state index contributed by atoms with van der Waals surface area (Å²) in [6.45, 7) is 2.19. The molecule has 0 bridgehead atoms. The van der Waals surface area contributed by atoms with E-state index in [0.717, 1.165) is 28.5 Å². The Labute approximate surface area is 146 Å². The molecule has 1 N–H and O–H groups in total. The van der Waals surface area contributed by atoms with Crippen LogP contribution in [0.3, 0.4) is 0 Å². The molecule has 2 aromatic carbocycles. The predicted molar refractivity (Wildman–Crippen MR) is 96.3 cm³/mol. The standard InChI is InChI=1S/C21H18O4/c1-15-18(13-20(25-15)11-12-21(22)23)14-24-19-9-7-17(8-10-19)16-5-3-2-4-6-16/h2-13H,14H2,1H3,(H,22,23). The zero-order chi connectivity index (χ0) is 17.6. The van der Waals surface area contributed by atoms with Gasteiger partial charge in [-0.15, -0.1) is 0 Å². The van der Waals surface area contributed by atoms with E-state index in [9.17, 15) is 4.79 Å². The minimum Gasteiger partial charge on any atom is -0.489 e. The molecule has 4 nitrogen and oxygen atoms in total. The molecule has 0 fully saturated rings. The monoisotopic (exact) mass is 334 g/mol. The van der Waals surface area contributed by atoms with Crippen LogP contribution in [0.1, 0.15) is 17.1 Å². The van der Waals surface area contributed by atoms with Gasteiger partial charge in [-0.1, -0.05) is 42.5 Å². The summed E-state index contributed by atoms with van der Waals surface area (Å²) in [6.07, 6.45) is 2.47. The molecule has 0 spiro atoms. The fourth-order valence-corrected chi connectivity index (χ4v) is 2.46. The molecule has 0 aliphatic carbocycles. The van der Waals surface area contributed by atoms with Crippen LogP contribution in [-0.2, 0) is 11.4 Å². The highest BCUT2D eigenvalue weighted by molar-refractivity contribution is 5.84.